The molecule has 0 saturated heterocycles. The Morgan fingerprint density at radius 1 is 1.40 bits per heavy atom. The molecule has 0 spiro atoms. The van der Waals surface area contributed by atoms with E-state index in [0.717, 1.165) is 31.2 Å². The fourth-order valence-electron chi connectivity index (χ4n) is 2.17. The van der Waals surface area contributed by atoms with Crippen LogP contribution in [-0.4, -0.2) is 33.1 Å². The van der Waals surface area contributed by atoms with Crippen molar-refractivity contribution in [2.75, 3.05) is 18.5 Å². The molecule has 0 unspecified atom stereocenters. The second-order valence-corrected chi connectivity index (χ2v) is 5.64. The minimum atomic E-state index is 0.520. The van der Waals surface area contributed by atoms with E-state index in [1.807, 2.05) is 25.6 Å². The van der Waals surface area contributed by atoms with E-state index in [1.54, 1.807) is 6.20 Å². The van der Waals surface area contributed by atoms with Gasteiger partial charge in [0.25, 0.3) is 0 Å². The second kappa shape index (κ2) is 5.79. The number of aryl methyl sites for hydroxylation is 1. The van der Waals surface area contributed by atoms with E-state index >= 15 is 0 Å². The van der Waals surface area contributed by atoms with Gasteiger partial charge in [0.2, 0.25) is 0 Å². The molecule has 106 valence electrons. The van der Waals surface area contributed by atoms with Crippen molar-refractivity contribution in [3.63, 3.8) is 0 Å². The summed E-state index contributed by atoms with van der Waals surface area (Å²) in [4.78, 5) is 15.1. The number of imidazole rings is 1. The summed E-state index contributed by atoms with van der Waals surface area (Å²) in [6.45, 7) is 1.88. The van der Waals surface area contributed by atoms with E-state index in [2.05, 4.69) is 24.4 Å². The van der Waals surface area contributed by atoms with Crippen molar-refractivity contribution in [3.8, 4) is 0 Å². The Morgan fingerprint density at radius 2 is 2.25 bits per heavy atom. The highest BCUT2D eigenvalue weighted by Gasteiger charge is 2.27. The van der Waals surface area contributed by atoms with Crippen molar-refractivity contribution in [1.82, 2.24) is 19.5 Å². The highest BCUT2D eigenvalue weighted by atomic mass is 35.5. The monoisotopic (exact) mass is 291 g/mol. The predicted octanol–water partition coefficient (Wildman–Crippen LogP) is 2.73. The van der Waals surface area contributed by atoms with Crippen LogP contribution in [0, 0.1) is 0 Å². The van der Waals surface area contributed by atoms with Crippen molar-refractivity contribution in [3.05, 3.63) is 35.8 Å². The largest absolute Gasteiger partial charge is 0.359 e. The van der Waals surface area contributed by atoms with Crippen LogP contribution in [0.25, 0.3) is 0 Å². The molecular formula is C14H18ClN5. The highest BCUT2D eigenvalue weighted by Crippen LogP contribution is 2.39. The fourth-order valence-corrected chi connectivity index (χ4v) is 2.35. The van der Waals surface area contributed by atoms with Crippen molar-refractivity contribution in [1.29, 1.82) is 0 Å². The van der Waals surface area contributed by atoms with Crippen molar-refractivity contribution < 1.29 is 0 Å². The summed E-state index contributed by atoms with van der Waals surface area (Å²) >= 11 is 6.09. The first-order valence-electron chi connectivity index (χ1n) is 6.94. The molecule has 1 aliphatic rings. The van der Waals surface area contributed by atoms with E-state index in [0.29, 0.717) is 11.1 Å². The Hall–Kier alpha value is -1.62. The fraction of sp³-hybridized carbons (Fsp3) is 0.500. The molecule has 0 bridgehead atoms. The van der Waals surface area contributed by atoms with Gasteiger partial charge in [-0.1, -0.05) is 11.6 Å². The highest BCUT2D eigenvalue weighted by molar-refractivity contribution is 6.29. The maximum absolute atomic E-state index is 6.09. The molecule has 20 heavy (non-hydrogen) atoms. The molecule has 0 atom stereocenters. The van der Waals surface area contributed by atoms with Gasteiger partial charge in [-0.25, -0.2) is 15.0 Å². The maximum Gasteiger partial charge on any atom is 0.135 e. The summed E-state index contributed by atoms with van der Waals surface area (Å²) in [7, 11) is 2.04. The van der Waals surface area contributed by atoms with Gasteiger partial charge in [-0.3, -0.25) is 0 Å². The number of aromatic nitrogens is 4. The maximum atomic E-state index is 6.09. The van der Waals surface area contributed by atoms with Crippen LogP contribution in [-0.2, 0) is 6.54 Å². The summed E-state index contributed by atoms with van der Waals surface area (Å²) in [5, 5.41) is 0.540. The third-order valence-electron chi connectivity index (χ3n) is 3.50. The molecule has 5 nitrogen and oxygen atoms in total. The number of anilines is 1. The molecule has 3 rings (SSSR count). The van der Waals surface area contributed by atoms with Gasteiger partial charge in [0.05, 0.1) is 6.33 Å². The summed E-state index contributed by atoms with van der Waals surface area (Å²) < 4.78 is 2.08. The standard InChI is InChI=1S/C14H18ClN5/c1-19(6-2-7-20-8-5-16-10-20)13-9-12(15)17-14(18-13)11-3-4-11/h5,8-11H,2-4,6-7H2,1H3. The first-order valence-corrected chi connectivity index (χ1v) is 7.31. The summed E-state index contributed by atoms with van der Waals surface area (Å²) in [5.74, 6) is 2.33. The lowest BCUT2D eigenvalue weighted by molar-refractivity contribution is 0.635. The van der Waals surface area contributed by atoms with Crippen LogP contribution in [0.1, 0.15) is 31.0 Å². The zero-order valence-corrected chi connectivity index (χ0v) is 12.3. The number of hydrogen-bond acceptors (Lipinski definition) is 4. The van der Waals surface area contributed by atoms with Gasteiger partial charge in [0.1, 0.15) is 16.8 Å². The van der Waals surface area contributed by atoms with Crippen LogP contribution in [0.4, 0.5) is 5.82 Å². The Balaban J connectivity index is 1.59. The average Bonchev–Trinajstić information content (AvgIpc) is 3.16. The quantitative estimate of drug-likeness (QED) is 0.768. The van der Waals surface area contributed by atoms with E-state index in [1.165, 1.54) is 12.8 Å². The molecule has 0 radical (unpaired) electrons. The van der Waals surface area contributed by atoms with Crippen LogP contribution in [0.3, 0.4) is 0 Å². The molecule has 2 aromatic rings. The van der Waals surface area contributed by atoms with E-state index in [4.69, 9.17) is 11.6 Å². The zero-order chi connectivity index (χ0) is 13.9. The molecule has 2 aromatic heterocycles. The summed E-state index contributed by atoms with van der Waals surface area (Å²) in [6.07, 6.45) is 9.02. The first kappa shape index (κ1) is 13.4. The van der Waals surface area contributed by atoms with E-state index in [-0.39, 0.29) is 0 Å². The predicted molar refractivity (Wildman–Crippen MR) is 79.1 cm³/mol. The van der Waals surface area contributed by atoms with Crippen LogP contribution in [0.5, 0.6) is 0 Å². The van der Waals surface area contributed by atoms with Crippen LogP contribution in [0.2, 0.25) is 5.15 Å². The Kier molecular flexibility index (Phi) is 3.87. The van der Waals surface area contributed by atoms with Crippen LogP contribution >= 0.6 is 11.6 Å². The SMILES string of the molecule is CN(CCCn1ccnc1)c1cc(Cl)nc(C2CC2)n1. The molecule has 1 saturated carbocycles. The molecule has 0 N–H and O–H groups in total. The van der Waals surface area contributed by atoms with Gasteiger partial charge in [-0.05, 0) is 19.3 Å². The molecule has 1 fully saturated rings. The van der Waals surface area contributed by atoms with Crippen molar-refractivity contribution in [2.45, 2.75) is 31.7 Å². The average molecular weight is 292 g/mol. The molecular weight excluding hydrogens is 274 g/mol. The van der Waals surface area contributed by atoms with Crippen molar-refractivity contribution >= 4 is 17.4 Å². The number of nitrogens with zero attached hydrogens (tertiary/aromatic N) is 5. The number of rotatable bonds is 6. The Bertz CT molecular complexity index is 565. The van der Waals surface area contributed by atoms with Gasteiger partial charge < -0.3 is 9.47 Å². The van der Waals surface area contributed by atoms with Crippen LogP contribution in [0.15, 0.2) is 24.8 Å². The summed E-state index contributed by atoms with van der Waals surface area (Å²) in [5.41, 5.74) is 0. The minimum absolute atomic E-state index is 0.520. The topological polar surface area (TPSA) is 46.8 Å². The third kappa shape index (κ3) is 3.28. The third-order valence-corrected chi connectivity index (χ3v) is 3.69. The van der Waals surface area contributed by atoms with E-state index in [9.17, 15) is 0 Å². The normalized spacial score (nSPS) is 14.5. The van der Waals surface area contributed by atoms with Crippen molar-refractivity contribution in [2.24, 2.45) is 0 Å². The van der Waals surface area contributed by atoms with Gasteiger partial charge in [-0.2, -0.15) is 0 Å². The lowest BCUT2D eigenvalue weighted by Gasteiger charge is -2.19. The molecule has 0 amide bonds. The first-order chi connectivity index (χ1) is 9.72. The molecule has 0 aliphatic heterocycles. The molecule has 2 heterocycles. The zero-order valence-electron chi connectivity index (χ0n) is 11.5. The van der Waals surface area contributed by atoms with Gasteiger partial charge in [-0.15, -0.1) is 0 Å². The van der Waals surface area contributed by atoms with Gasteiger partial charge in [0, 0.05) is 44.5 Å². The lowest BCUT2D eigenvalue weighted by Crippen LogP contribution is -2.21. The number of hydrogen-bond donors (Lipinski definition) is 0. The second-order valence-electron chi connectivity index (χ2n) is 5.26. The lowest BCUT2D eigenvalue weighted by atomic mass is 10.3. The molecule has 6 heteroatoms. The summed E-state index contributed by atoms with van der Waals surface area (Å²) in [6, 6.07) is 1.84. The Labute approximate surface area is 123 Å². The molecule has 0 aromatic carbocycles. The molecule has 1 aliphatic carbocycles. The van der Waals surface area contributed by atoms with Gasteiger partial charge in [0.15, 0.2) is 0 Å². The smallest absolute Gasteiger partial charge is 0.135 e. The van der Waals surface area contributed by atoms with E-state index < -0.39 is 0 Å². The van der Waals surface area contributed by atoms with Gasteiger partial charge >= 0.3 is 0 Å². The number of halogens is 1. The minimum Gasteiger partial charge on any atom is -0.359 e. The Morgan fingerprint density at radius 3 is 2.95 bits per heavy atom. The van der Waals surface area contributed by atoms with Crippen LogP contribution < -0.4 is 4.90 Å².